The summed E-state index contributed by atoms with van der Waals surface area (Å²) in [6.07, 6.45) is 2.92. The SMILES string of the molecule is CCCNc1nccc(N2CC(C)N(C)C(C)C2)n1. The molecule has 19 heavy (non-hydrogen) atoms. The second kappa shape index (κ2) is 6.19. The molecule has 0 aromatic carbocycles. The lowest BCUT2D eigenvalue weighted by atomic mass is 10.1. The van der Waals surface area contributed by atoms with Gasteiger partial charge in [0.05, 0.1) is 0 Å². The van der Waals surface area contributed by atoms with Crippen LogP contribution in [0.3, 0.4) is 0 Å². The monoisotopic (exact) mass is 263 g/mol. The highest BCUT2D eigenvalue weighted by atomic mass is 15.3. The molecule has 5 nitrogen and oxygen atoms in total. The van der Waals surface area contributed by atoms with Crippen LogP contribution in [0.25, 0.3) is 0 Å². The number of aromatic nitrogens is 2. The molecule has 5 heteroatoms. The highest BCUT2D eigenvalue weighted by molar-refractivity contribution is 5.43. The minimum Gasteiger partial charge on any atom is -0.354 e. The molecule has 1 aliphatic heterocycles. The van der Waals surface area contributed by atoms with Crippen LogP contribution in [0.15, 0.2) is 12.3 Å². The summed E-state index contributed by atoms with van der Waals surface area (Å²) in [4.78, 5) is 13.7. The van der Waals surface area contributed by atoms with Gasteiger partial charge in [-0.1, -0.05) is 6.92 Å². The number of hydrogen-bond acceptors (Lipinski definition) is 5. The van der Waals surface area contributed by atoms with Gasteiger partial charge in [0.15, 0.2) is 0 Å². The van der Waals surface area contributed by atoms with E-state index in [1.54, 1.807) is 0 Å². The summed E-state index contributed by atoms with van der Waals surface area (Å²) in [5.41, 5.74) is 0. The Labute approximate surface area is 116 Å². The van der Waals surface area contributed by atoms with E-state index in [9.17, 15) is 0 Å². The summed E-state index contributed by atoms with van der Waals surface area (Å²) in [6, 6.07) is 3.10. The Morgan fingerprint density at radius 2 is 2.00 bits per heavy atom. The predicted octanol–water partition coefficient (Wildman–Crippen LogP) is 1.83. The molecule has 0 amide bonds. The summed E-state index contributed by atoms with van der Waals surface area (Å²) >= 11 is 0. The van der Waals surface area contributed by atoms with Gasteiger partial charge in [-0.15, -0.1) is 0 Å². The van der Waals surface area contributed by atoms with Crippen molar-refractivity contribution in [2.24, 2.45) is 0 Å². The van der Waals surface area contributed by atoms with Crippen LogP contribution in [-0.2, 0) is 0 Å². The van der Waals surface area contributed by atoms with E-state index in [-0.39, 0.29) is 0 Å². The van der Waals surface area contributed by atoms with Crippen LogP contribution in [-0.4, -0.2) is 53.6 Å². The van der Waals surface area contributed by atoms with Crippen LogP contribution in [0.5, 0.6) is 0 Å². The zero-order chi connectivity index (χ0) is 13.8. The molecule has 2 atom stereocenters. The second-order valence-corrected chi connectivity index (χ2v) is 5.43. The first-order valence-electron chi connectivity index (χ1n) is 7.15. The number of rotatable bonds is 4. The molecular weight excluding hydrogens is 238 g/mol. The molecule has 0 saturated carbocycles. The molecule has 1 aromatic heterocycles. The fourth-order valence-corrected chi connectivity index (χ4v) is 2.44. The molecule has 2 unspecified atom stereocenters. The third kappa shape index (κ3) is 3.35. The summed E-state index contributed by atoms with van der Waals surface area (Å²) in [7, 11) is 2.20. The van der Waals surface area contributed by atoms with Gasteiger partial charge in [-0.05, 0) is 33.4 Å². The van der Waals surface area contributed by atoms with Crippen molar-refractivity contribution in [3.8, 4) is 0 Å². The minimum absolute atomic E-state index is 0.547. The number of nitrogens with zero attached hydrogens (tertiary/aromatic N) is 4. The Hall–Kier alpha value is -1.36. The van der Waals surface area contributed by atoms with Crippen molar-refractivity contribution in [3.63, 3.8) is 0 Å². The number of hydrogen-bond donors (Lipinski definition) is 1. The first-order chi connectivity index (χ1) is 9.11. The molecule has 106 valence electrons. The maximum absolute atomic E-state index is 4.61. The van der Waals surface area contributed by atoms with Crippen LogP contribution in [0, 0.1) is 0 Å². The largest absolute Gasteiger partial charge is 0.354 e. The van der Waals surface area contributed by atoms with Crippen LogP contribution < -0.4 is 10.2 Å². The molecule has 1 aromatic rings. The lowest BCUT2D eigenvalue weighted by Crippen LogP contribution is -2.55. The topological polar surface area (TPSA) is 44.3 Å². The first-order valence-corrected chi connectivity index (χ1v) is 7.15. The quantitative estimate of drug-likeness (QED) is 0.898. The smallest absolute Gasteiger partial charge is 0.224 e. The standard InChI is InChI=1S/C14H25N5/c1-5-7-15-14-16-8-6-13(17-14)19-9-11(2)18(4)12(3)10-19/h6,8,11-12H,5,7,9-10H2,1-4H3,(H,15,16,17). The lowest BCUT2D eigenvalue weighted by molar-refractivity contribution is 0.169. The van der Waals surface area contributed by atoms with Crippen molar-refractivity contribution in [1.82, 2.24) is 14.9 Å². The van der Waals surface area contributed by atoms with Crippen molar-refractivity contribution in [3.05, 3.63) is 12.3 Å². The third-order valence-corrected chi connectivity index (χ3v) is 3.86. The van der Waals surface area contributed by atoms with E-state index < -0.39 is 0 Å². The predicted molar refractivity (Wildman–Crippen MR) is 79.7 cm³/mol. The van der Waals surface area contributed by atoms with Crippen molar-refractivity contribution in [2.75, 3.05) is 36.9 Å². The minimum atomic E-state index is 0.547. The Kier molecular flexibility index (Phi) is 4.58. The molecule has 0 spiro atoms. The van der Waals surface area contributed by atoms with Gasteiger partial charge in [0, 0.05) is 37.9 Å². The molecule has 1 fully saturated rings. The average molecular weight is 263 g/mol. The molecule has 1 N–H and O–H groups in total. The highest BCUT2D eigenvalue weighted by Crippen LogP contribution is 2.20. The molecule has 0 aliphatic carbocycles. The average Bonchev–Trinajstić information content (AvgIpc) is 2.42. The van der Waals surface area contributed by atoms with E-state index in [2.05, 4.69) is 52.9 Å². The fraction of sp³-hybridized carbons (Fsp3) is 0.714. The van der Waals surface area contributed by atoms with Crippen LogP contribution in [0.4, 0.5) is 11.8 Å². The second-order valence-electron chi connectivity index (χ2n) is 5.43. The zero-order valence-corrected chi connectivity index (χ0v) is 12.4. The van der Waals surface area contributed by atoms with Crippen molar-refractivity contribution >= 4 is 11.8 Å². The Morgan fingerprint density at radius 1 is 1.32 bits per heavy atom. The maximum Gasteiger partial charge on any atom is 0.224 e. The summed E-state index contributed by atoms with van der Waals surface area (Å²) in [5.74, 6) is 1.76. The Balaban J connectivity index is 2.09. The first kappa shape index (κ1) is 14.1. The van der Waals surface area contributed by atoms with Gasteiger partial charge in [-0.3, -0.25) is 4.90 Å². The molecule has 0 bridgehead atoms. The molecular formula is C14H25N5. The van der Waals surface area contributed by atoms with E-state index in [1.165, 1.54) is 0 Å². The number of likely N-dealkylation sites (N-methyl/N-ethyl adjacent to an activating group) is 1. The van der Waals surface area contributed by atoms with Crippen LogP contribution >= 0.6 is 0 Å². The number of anilines is 2. The molecule has 2 heterocycles. The van der Waals surface area contributed by atoms with Gasteiger partial charge in [-0.25, -0.2) is 4.98 Å². The highest BCUT2D eigenvalue weighted by Gasteiger charge is 2.27. The summed E-state index contributed by atoms with van der Waals surface area (Å²) in [6.45, 7) is 9.62. The molecule has 1 aliphatic rings. The van der Waals surface area contributed by atoms with E-state index >= 15 is 0 Å². The summed E-state index contributed by atoms with van der Waals surface area (Å²) < 4.78 is 0. The van der Waals surface area contributed by atoms with Crippen LogP contribution in [0.1, 0.15) is 27.2 Å². The van der Waals surface area contributed by atoms with E-state index in [0.29, 0.717) is 12.1 Å². The Morgan fingerprint density at radius 3 is 2.63 bits per heavy atom. The van der Waals surface area contributed by atoms with E-state index in [0.717, 1.165) is 37.8 Å². The lowest BCUT2D eigenvalue weighted by Gasteiger charge is -2.42. The van der Waals surface area contributed by atoms with Gasteiger partial charge >= 0.3 is 0 Å². The van der Waals surface area contributed by atoms with Crippen molar-refractivity contribution in [1.29, 1.82) is 0 Å². The van der Waals surface area contributed by atoms with E-state index in [4.69, 9.17) is 0 Å². The zero-order valence-electron chi connectivity index (χ0n) is 12.4. The van der Waals surface area contributed by atoms with Gasteiger partial charge in [0.2, 0.25) is 5.95 Å². The molecule has 0 radical (unpaired) electrons. The maximum atomic E-state index is 4.61. The Bertz CT molecular complexity index is 397. The van der Waals surface area contributed by atoms with Crippen LogP contribution in [0.2, 0.25) is 0 Å². The fourth-order valence-electron chi connectivity index (χ4n) is 2.44. The van der Waals surface area contributed by atoms with E-state index in [1.807, 2.05) is 12.3 Å². The van der Waals surface area contributed by atoms with Gasteiger partial charge in [0.25, 0.3) is 0 Å². The number of piperazine rings is 1. The van der Waals surface area contributed by atoms with Gasteiger partial charge in [0.1, 0.15) is 5.82 Å². The van der Waals surface area contributed by atoms with Gasteiger partial charge < -0.3 is 10.2 Å². The third-order valence-electron chi connectivity index (χ3n) is 3.86. The normalized spacial score (nSPS) is 24.5. The van der Waals surface area contributed by atoms with Crippen molar-refractivity contribution < 1.29 is 0 Å². The van der Waals surface area contributed by atoms with Crippen molar-refractivity contribution in [2.45, 2.75) is 39.3 Å². The van der Waals surface area contributed by atoms with Gasteiger partial charge in [-0.2, -0.15) is 4.98 Å². The molecule has 1 saturated heterocycles. The molecule has 2 rings (SSSR count). The summed E-state index contributed by atoms with van der Waals surface area (Å²) in [5, 5.41) is 3.25. The number of nitrogens with one attached hydrogen (secondary N) is 1.